The molecule has 2 atom stereocenters. The van der Waals surface area contributed by atoms with E-state index in [2.05, 4.69) is 19.2 Å². The molecule has 0 amide bonds. The number of benzene rings is 1. The maximum atomic E-state index is 10.8. The molecule has 0 radical (unpaired) electrons. The van der Waals surface area contributed by atoms with Crippen molar-refractivity contribution in [1.29, 1.82) is 0 Å². The molecular formula is C13H18N2O2. The highest BCUT2D eigenvalue weighted by atomic mass is 16.6. The average Bonchev–Trinajstić information content (AvgIpc) is 2.71. The van der Waals surface area contributed by atoms with Crippen molar-refractivity contribution in [1.82, 2.24) is 0 Å². The van der Waals surface area contributed by atoms with Crippen molar-refractivity contribution in [3.63, 3.8) is 0 Å². The Hall–Kier alpha value is -1.58. The molecule has 0 saturated carbocycles. The van der Waals surface area contributed by atoms with Crippen molar-refractivity contribution in [2.75, 3.05) is 11.9 Å². The lowest BCUT2D eigenvalue weighted by Crippen LogP contribution is -2.11. The second kappa shape index (κ2) is 4.73. The lowest BCUT2D eigenvalue weighted by atomic mass is 9.86. The number of nitrogens with one attached hydrogen (secondary N) is 1. The highest BCUT2D eigenvalue weighted by molar-refractivity contribution is 5.61. The van der Waals surface area contributed by atoms with E-state index in [1.807, 2.05) is 6.07 Å². The van der Waals surface area contributed by atoms with E-state index in [0.717, 1.165) is 30.6 Å². The SMILES string of the molecule is CCCC(C)C1CNc2ccc([N+](=O)[O-])cc21. The Morgan fingerprint density at radius 3 is 3.00 bits per heavy atom. The van der Waals surface area contributed by atoms with Gasteiger partial charge in [0.05, 0.1) is 4.92 Å². The Balaban J connectivity index is 2.29. The fraction of sp³-hybridized carbons (Fsp3) is 0.538. The third kappa shape index (κ3) is 2.25. The normalized spacial score (nSPS) is 19.5. The average molecular weight is 234 g/mol. The molecule has 1 N–H and O–H groups in total. The Labute approximate surface area is 101 Å². The molecule has 1 heterocycles. The van der Waals surface area contributed by atoms with Gasteiger partial charge >= 0.3 is 0 Å². The van der Waals surface area contributed by atoms with Crippen LogP contribution in [0.5, 0.6) is 0 Å². The third-order valence-electron chi connectivity index (χ3n) is 3.59. The van der Waals surface area contributed by atoms with Crippen molar-refractivity contribution < 1.29 is 4.92 Å². The van der Waals surface area contributed by atoms with Crippen molar-refractivity contribution in [2.24, 2.45) is 5.92 Å². The number of hydrogen-bond donors (Lipinski definition) is 1. The van der Waals surface area contributed by atoms with E-state index in [0.29, 0.717) is 11.8 Å². The third-order valence-corrected chi connectivity index (χ3v) is 3.59. The molecule has 4 heteroatoms. The summed E-state index contributed by atoms with van der Waals surface area (Å²) in [4.78, 5) is 10.5. The molecule has 1 aromatic carbocycles. The first-order valence-electron chi connectivity index (χ1n) is 6.15. The van der Waals surface area contributed by atoms with E-state index in [9.17, 15) is 10.1 Å². The van der Waals surface area contributed by atoms with Crippen LogP contribution >= 0.6 is 0 Å². The van der Waals surface area contributed by atoms with Gasteiger partial charge in [-0.3, -0.25) is 10.1 Å². The maximum Gasteiger partial charge on any atom is 0.269 e. The predicted molar refractivity (Wildman–Crippen MR) is 68.4 cm³/mol. The highest BCUT2D eigenvalue weighted by Crippen LogP contribution is 2.39. The molecule has 1 aromatic rings. The molecule has 92 valence electrons. The van der Waals surface area contributed by atoms with Gasteiger partial charge in [0.15, 0.2) is 0 Å². The minimum absolute atomic E-state index is 0.196. The highest BCUT2D eigenvalue weighted by Gasteiger charge is 2.28. The van der Waals surface area contributed by atoms with Crippen molar-refractivity contribution in [3.8, 4) is 0 Å². The minimum atomic E-state index is -0.319. The summed E-state index contributed by atoms with van der Waals surface area (Å²) >= 11 is 0. The second-order valence-corrected chi connectivity index (χ2v) is 4.78. The lowest BCUT2D eigenvalue weighted by Gasteiger charge is -2.18. The van der Waals surface area contributed by atoms with Gasteiger partial charge in [0.1, 0.15) is 0 Å². The molecule has 2 unspecified atom stereocenters. The zero-order chi connectivity index (χ0) is 12.4. The maximum absolute atomic E-state index is 10.8. The van der Waals surface area contributed by atoms with Crippen molar-refractivity contribution in [3.05, 3.63) is 33.9 Å². The predicted octanol–water partition coefficient (Wildman–Crippen LogP) is 3.54. The first kappa shape index (κ1) is 11.9. The van der Waals surface area contributed by atoms with Gasteiger partial charge in [-0.05, 0) is 17.5 Å². The molecule has 0 spiro atoms. The van der Waals surface area contributed by atoms with Crippen LogP contribution in [-0.4, -0.2) is 11.5 Å². The van der Waals surface area contributed by atoms with Crippen LogP contribution in [-0.2, 0) is 0 Å². The number of nitro groups is 1. The number of nitrogens with zero attached hydrogens (tertiary/aromatic N) is 1. The van der Waals surface area contributed by atoms with Gasteiger partial charge in [-0.25, -0.2) is 0 Å². The van der Waals surface area contributed by atoms with Crippen molar-refractivity contribution in [2.45, 2.75) is 32.6 Å². The Bertz CT molecular complexity index is 431. The largest absolute Gasteiger partial charge is 0.384 e. The van der Waals surface area contributed by atoms with Crippen LogP contribution in [0.2, 0.25) is 0 Å². The Kier molecular flexibility index (Phi) is 3.31. The van der Waals surface area contributed by atoms with E-state index < -0.39 is 0 Å². The standard InChI is InChI=1S/C13H18N2O2/c1-3-4-9(2)12-8-14-13-6-5-10(15(16)17)7-11(12)13/h5-7,9,12,14H,3-4,8H2,1-2H3. The summed E-state index contributed by atoms with van der Waals surface area (Å²) in [6, 6.07) is 5.12. The molecule has 17 heavy (non-hydrogen) atoms. The number of non-ortho nitro benzene ring substituents is 1. The summed E-state index contributed by atoms with van der Waals surface area (Å²) in [6.07, 6.45) is 2.32. The monoisotopic (exact) mass is 234 g/mol. The molecule has 1 aliphatic heterocycles. The number of rotatable bonds is 4. The van der Waals surface area contributed by atoms with Gasteiger partial charge in [-0.2, -0.15) is 0 Å². The van der Waals surface area contributed by atoms with Gasteiger partial charge in [0.25, 0.3) is 5.69 Å². The van der Waals surface area contributed by atoms with E-state index in [1.54, 1.807) is 12.1 Å². The molecular weight excluding hydrogens is 216 g/mol. The first-order chi connectivity index (χ1) is 8.13. The smallest absolute Gasteiger partial charge is 0.269 e. The molecule has 0 aromatic heterocycles. The molecule has 2 rings (SSSR count). The number of nitro benzene ring substituents is 1. The number of anilines is 1. The fourth-order valence-corrected chi connectivity index (χ4v) is 2.63. The quantitative estimate of drug-likeness (QED) is 0.640. The van der Waals surface area contributed by atoms with Gasteiger partial charge in [0.2, 0.25) is 0 Å². The molecule has 1 aliphatic rings. The van der Waals surface area contributed by atoms with Gasteiger partial charge < -0.3 is 5.32 Å². The van der Waals surface area contributed by atoms with Crippen LogP contribution in [0.15, 0.2) is 18.2 Å². The molecule has 0 bridgehead atoms. The summed E-state index contributed by atoms with van der Waals surface area (Å²) in [5.74, 6) is 0.973. The number of hydrogen-bond acceptors (Lipinski definition) is 3. The van der Waals surface area contributed by atoms with Crippen LogP contribution in [0.4, 0.5) is 11.4 Å². The van der Waals surface area contributed by atoms with E-state index in [-0.39, 0.29) is 10.6 Å². The Morgan fingerprint density at radius 2 is 2.35 bits per heavy atom. The van der Waals surface area contributed by atoms with Crippen LogP contribution in [0, 0.1) is 16.0 Å². The van der Waals surface area contributed by atoms with Crippen LogP contribution in [0.1, 0.15) is 38.2 Å². The lowest BCUT2D eigenvalue weighted by molar-refractivity contribution is -0.384. The minimum Gasteiger partial charge on any atom is -0.384 e. The topological polar surface area (TPSA) is 55.2 Å². The molecule has 0 aliphatic carbocycles. The van der Waals surface area contributed by atoms with E-state index in [4.69, 9.17) is 0 Å². The number of fused-ring (bicyclic) bond motifs is 1. The summed E-state index contributed by atoms with van der Waals surface area (Å²) in [7, 11) is 0. The fourth-order valence-electron chi connectivity index (χ4n) is 2.63. The van der Waals surface area contributed by atoms with Gasteiger partial charge in [-0.1, -0.05) is 26.7 Å². The van der Waals surface area contributed by atoms with Crippen LogP contribution in [0.3, 0.4) is 0 Å². The molecule has 4 nitrogen and oxygen atoms in total. The zero-order valence-corrected chi connectivity index (χ0v) is 10.3. The van der Waals surface area contributed by atoms with Crippen LogP contribution in [0.25, 0.3) is 0 Å². The summed E-state index contributed by atoms with van der Waals surface area (Å²) < 4.78 is 0. The van der Waals surface area contributed by atoms with Crippen LogP contribution < -0.4 is 5.32 Å². The van der Waals surface area contributed by atoms with Gasteiger partial charge in [-0.15, -0.1) is 0 Å². The molecule has 0 fully saturated rings. The summed E-state index contributed by atoms with van der Waals surface area (Å²) in [5.41, 5.74) is 2.37. The van der Waals surface area contributed by atoms with E-state index in [1.165, 1.54) is 0 Å². The molecule has 0 saturated heterocycles. The van der Waals surface area contributed by atoms with Crippen molar-refractivity contribution >= 4 is 11.4 Å². The zero-order valence-electron chi connectivity index (χ0n) is 10.3. The summed E-state index contributed by atoms with van der Waals surface area (Å²) in [5, 5.41) is 14.1. The summed E-state index contributed by atoms with van der Waals surface area (Å²) in [6.45, 7) is 5.30. The first-order valence-corrected chi connectivity index (χ1v) is 6.15. The van der Waals surface area contributed by atoms with E-state index >= 15 is 0 Å². The Morgan fingerprint density at radius 1 is 1.59 bits per heavy atom. The van der Waals surface area contributed by atoms with Gasteiger partial charge in [0, 0.05) is 30.3 Å². The second-order valence-electron chi connectivity index (χ2n) is 4.78.